The number of aliphatic carboxylic acids is 1. The molecule has 1 amide bonds. The molecule has 0 unspecified atom stereocenters. The molecule has 1 atom stereocenters. The summed E-state index contributed by atoms with van der Waals surface area (Å²) in [5, 5.41) is 20.2. The second-order valence-electron chi connectivity index (χ2n) is 5.46. The van der Waals surface area contributed by atoms with Gasteiger partial charge in [-0.3, -0.25) is 4.79 Å². The molecule has 0 aliphatic carbocycles. The van der Waals surface area contributed by atoms with Crippen LogP contribution in [-0.2, 0) is 17.4 Å². The summed E-state index contributed by atoms with van der Waals surface area (Å²) < 4.78 is 38.2. The van der Waals surface area contributed by atoms with Crippen LogP contribution in [0.1, 0.15) is 27.0 Å². The molecule has 0 fully saturated rings. The van der Waals surface area contributed by atoms with Gasteiger partial charge in [-0.25, -0.2) is 4.79 Å². The van der Waals surface area contributed by atoms with Gasteiger partial charge < -0.3 is 10.4 Å². The Labute approximate surface area is 146 Å². The largest absolute Gasteiger partial charge is 0.480 e. The van der Waals surface area contributed by atoms with Crippen LogP contribution in [0.2, 0.25) is 0 Å². The molecular formula is C18H13F3N2O3. The molecule has 0 aliphatic rings. The predicted molar refractivity (Wildman–Crippen MR) is 85.2 cm³/mol. The fourth-order valence-corrected chi connectivity index (χ4v) is 2.23. The summed E-state index contributed by atoms with van der Waals surface area (Å²) in [5.41, 5.74) is -0.329. The van der Waals surface area contributed by atoms with Gasteiger partial charge in [0.2, 0.25) is 0 Å². The van der Waals surface area contributed by atoms with Crippen molar-refractivity contribution in [1.29, 1.82) is 5.26 Å². The highest BCUT2D eigenvalue weighted by Crippen LogP contribution is 2.29. The number of halogens is 3. The van der Waals surface area contributed by atoms with Crippen LogP contribution in [0.3, 0.4) is 0 Å². The highest BCUT2D eigenvalue weighted by molar-refractivity contribution is 5.96. The Bertz CT molecular complexity index is 855. The van der Waals surface area contributed by atoms with Crippen molar-refractivity contribution < 1.29 is 27.9 Å². The van der Waals surface area contributed by atoms with Crippen LogP contribution in [0.4, 0.5) is 13.2 Å². The molecular weight excluding hydrogens is 349 g/mol. The summed E-state index contributed by atoms with van der Waals surface area (Å²) in [6.45, 7) is 0. The van der Waals surface area contributed by atoms with Gasteiger partial charge in [0, 0.05) is 12.0 Å². The van der Waals surface area contributed by atoms with Crippen molar-refractivity contribution in [2.24, 2.45) is 0 Å². The summed E-state index contributed by atoms with van der Waals surface area (Å²) >= 11 is 0. The van der Waals surface area contributed by atoms with Gasteiger partial charge in [-0.1, -0.05) is 18.2 Å². The number of carboxylic acid groups (broad SMARTS) is 1. The number of benzene rings is 2. The van der Waals surface area contributed by atoms with Crippen LogP contribution in [0.15, 0.2) is 48.5 Å². The molecule has 0 radical (unpaired) electrons. The van der Waals surface area contributed by atoms with E-state index in [0.29, 0.717) is 17.2 Å². The first-order chi connectivity index (χ1) is 12.2. The van der Waals surface area contributed by atoms with E-state index in [-0.39, 0.29) is 12.0 Å². The average molecular weight is 362 g/mol. The van der Waals surface area contributed by atoms with Crippen LogP contribution in [0, 0.1) is 11.3 Å². The molecule has 2 aromatic rings. The Balaban J connectivity index is 2.15. The van der Waals surface area contributed by atoms with Crippen molar-refractivity contribution in [2.75, 3.05) is 0 Å². The number of amides is 1. The zero-order valence-electron chi connectivity index (χ0n) is 13.2. The lowest BCUT2D eigenvalue weighted by molar-refractivity contribution is -0.139. The van der Waals surface area contributed by atoms with E-state index in [4.69, 9.17) is 5.26 Å². The molecule has 0 aromatic heterocycles. The number of nitriles is 1. The van der Waals surface area contributed by atoms with Crippen LogP contribution in [0.25, 0.3) is 0 Å². The number of nitrogens with one attached hydrogen (secondary N) is 1. The lowest BCUT2D eigenvalue weighted by Crippen LogP contribution is -2.42. The maximum Gasteiger partial charge on any atom is 0.416 e. The number of nitrogens with zero attached hydrogens (tertiary/aromatic N) is 1. The van der Waals surface area contributed by atoms with Crippen molar-refractivity contribution in [3.63, 3.8) is 0 Å². The minimum Gasteiger partial charge on any atom is -0.480 e. The van der Waals surface area contributed by atoms with Crippen LogP contribution in [0.5, 0.6) is 0 Å². The molecule has 0 aliphatic heterocycles. The highest BCUT2D eigenvalue weighted by atomic mass is 19.4. The van der Waals surface area contributed by atoms with Gasteiger partial charge in [-0.2, -0.15) is 18.4 Å². The van der Waals surface area contributed by atoms with E-state index in [1.165, 1.54) is 18.2 Å². The topological polar surface area (TPSA) is 90.2 Å². The second kappa shape index (κ2) is 7.70. The van der Waals surface area contributed by atoms with E-state index >= 15 is 0 Å². The van der Waals surface area contributed by atoms with E-state index in [0.717, 1.165) is 12.1 Å². The number of alkyl halides is 3. The molecule has 26 heavy (non-hydrogen) atoms. The molecule has 2 rings (SSSR count). The van der Waals surface area contributed by atoms with Crippen LogP contribution >= 0.6 is 0 Å². The SMILES string of the molecule is N#Cc1ccc(C[C@@H](NC(=O)c2cccc(C(F)(F)F)c2)C(=O)O)cc1. The Morgan fingerprint density at radius 3 is 2.35 bits per heavy atom. The molecule has 8 heteroatoms. The number of rotatable bonds is 5. The standard InChI is InChI=1S/C18H13F3N2O3/c19-18(20,21)14-3-1-2-13(9-14)16(24)23-15(17(25)26)8-11-4-6-12(10-22)7-5-11/h1-7,9,15H,8H2,(H,23,24)(H,25,26)/t15-/m1/s1. The number of carbonyl (C=O) groups excluding carboxylic acids is 1. The number of hydrogen-bond donors (Lipinski definition) is 2. The van der Waals surface area contributed by atoms with E-state index in [1.807, 2.05) is 6.07 Å². The van der Waals surface area contributed by atoms with Crippen LogP contribution in [-0.4, -0.2) is 23.0 Å². The molecule has 2 N–H and O–H groups in total. The average Bonchev–Trinajstić information content (AvgIpc) is 2.61. The zero-order chi connectivity index (χ0) is 19.3. The predicted octanol–water partition coefficient (Wildman–Crippen LogP) is 3.00. The first-order valence-corrected chi connectivity index (χ1v) is 7.40. The Kier molecular flexibility index (Phi) is 5.62. The lowest BCUT2D eigenvalue weighted by atomic mass is 10.0. The van der Waals surface area contributed by atoms with Crippen LogP contribution < -0.4 is 5.32 Å². The van der Waals surface area contributed by atoms with Gasteiger partial charge in [-0.15, -0.1) is 0 Å². The Hall–Kier alpha value is -3.34. The van der Waals surface area contributed by atoms with Gasteiger partial charge in [0.05, 0.1) is 17.2 Å². The summed E-state index contributed by atoms with van der Waals surface area (Å²) in [7, 11) is 0. The highest BCUT2D eigenvalue weighted by Gasteiger charge is 2.31. The summed E-state index contributed by atoms with van der Waals surface area (Å²) in [4.78, 5) is 23.5. The molecule has 0 heterocycles. The zero-order valence-corrected chi connectivity index (χ0v) is 13.2. The number of carbonyl (C=O) groups is 2. The number of hydrogen-bond acceptors (Lipinski definition) is 3. The second-order valence-corrected chi connectivity index (χ2v) is 5.46. The molecule has 0 saturated carbocycles. The Morgan fingerprint density at radius 1 is 1.15 bits per heavy atom. The fourth-order valence-electron chi connectivity index (χ4n) is 2.23. The van der Waals surface area contributed by atoms with Gasteiger partial charge in [0.15, 0.2) is 0 Å². The third kappa shape index (κ3) is 4.83. The van der Waals surface area contributed by atoms with E-state index in [9.17, 15) is 27.9 Å². The first kappa shape index (κ1) is 19.0. The third-order valence-corrected chi connectivity index (χ3v) is 3.58. The van der Waals surface area contributed by atoms with Gasteiger partial charge in [0.1, 0.15) is 6.04 Å². The summed E-state index contributed by atoms with van der Waals surface area (Å²) in [5.74, 6) is -2.24. The van der Waals surface area contributed by atoms with Gasteiger partial charge >= 0.3 is 12.1 Å². The van der Waals surface area contributed by atoms with E-state index in [1.54, 1.807) is 12.1 Å². The quantitative estimate of drug-likeness (QED) is 0.856. The maximum absolute atomic E-state index is 12.7. The Morgan fingerprint density at radius 2 is 1.81 bits per heavy atom. The summed E-state index contributed by atoms with van der Waals surface area (Å²) in [6, 6.07) is 10.4. The van der Waals surface area contributed by atoms with Gasteiger partial charge in [0.25, 0.3) is 5.91 Å². The summed E-state index contributed by atoms with van der Waals surface area (Å²) in [6.07, 6.45) is -4.68. The van der Waals surface area contributed by atoms with Gasteiger partial charge in [-0.05, 0) is 35.9 Å². The minimum atomic E-state index is -4.61. The smallest absolute Gasteiger partial charge is 0.416 e. The molecule has 5 nitrogen and oxygen atoms in total. The minimum absolute atomic E-state index is 0.0776. The van der Waals surface area contributed by atoms with Crippen molar-refractivity contribution in [2.45, 2.75) is 18.6 Å². The van der Waals surface area contributed by atoms with Crippen molar-refractivity contribution in [1.82, 2.24) is 5.32 Å². The fraction of sp³-hybridized carbons (Fsp3) is 0.167. The van der Waals surface area contributed by atoms with Crippen molar-refractivity contribution in [3.8, 4) is 6.07 Å². The number of carboxylic acids is 1. The molecule has 134 valence electrons. The molecule has 2 aromatic carbocycles. The van der Waals surface area contributed by atoms with E-state index < -0.39 is 29.7 Å². The molecule has 0 spiro atoms. The van der Waals surface area contributed by atoms with Crippen molar-refractivity contribution >= 4 is 11.9 Å². The monoisotopic (exact) mass is 362 g/mol. The molecule has 0 saturated heterocycles. The lowest BCUT2D eigenvalue weighted by Gasteiger charge is -2.15. The van der Waals surface area contributed by atoms with E-state index in [2.05, 4.69) is 5.32 Å². The third-order valence-electron chi connectivity index (χ3n) is 3.58. The molecule has 0 bridgehead atoms. The van der Waals surface area contributed by atoms with Crippen molar-refractivity contribution in [3.05, 3.63) is 70.8 Å². The normalized spacial score (nSPS) is 12.1. The maximum atomic E-state index is 12.7. The first-order valence-electron chi connectivity index (χ1n) is 7.40.